The highest BCUT2D eigenvalue weighted by Crippen LogP contribution is 2.30. The van der Waals surface area contributed by atoms with E-state index in [1.807, 2.05) is 36.4 Å². The van der Waals surface area contributed by atoms with Crippen LogP contribution in [0.1, 0.15) is 36.5 Å². The van der Waals surface area contributed by atoms with Gasteiger partial charge < -0.3 is 24.8 Å². The van der Waals surface area contributed by atoms with Crippen molar-refractivity contribution in [2.45, 2.75) is 38.0 Å². The number of carbonyl (C=O) groups is 1. The summed E-state index contributed by atoms with van der Waals surface area (Å²) < 4.78 is 11.2. The van der Waals surface area contributed by atoms with Crippen molar-refractivity contribution < 1.29 is 19.4 Å². The van der Waals surface area contributed by atoms with Crippen molar-refractivity contribution in [1.82, 2.24) is 15.1 Å². The van der Waals surface area contributed by atoms with Gasteiger partial charge in [-0.3, -0.25) is 4.90 Å². The highest BCUT2D eigenvalue weighted by atomic mass is 35.5. The summed E-state index contributed by atoms with van der Waals surface area (Å²) in [6.07, 6.45) is 2.01. The van der Waals surface area contributed by atoms with Crippen LogP contribution in [0.5, 0.6) is 5.75 Å². The first-order valence-corrected chi connectivity index (χ1v) is 12.5. The molecular formula is C26H34ClN3O4. The van der Waals surface area contributed by atoms with Crippen LogP contribution in [-0.4, -0.2) is 72.9 Å². The number of nitrogens with one attached hydrogen (secondary N) is 1. The molecule has 0 saturated carbocycles. The van der Waals surface area contributed by atoms with Gasteiger partial charge in [-0.25, -0.2) is 4.79 Å². The van der Waals surface area contributed by atoms with Crippen LogP contribution in [0.2, 0.25) is 5.02 Å². The first-order valence-electron chi connectivity index (χ1n) is 12.1. The lowest BCUT2D eigenvalue weighted by Gasteiger charge is -2.30. The van der Waals surface area contributed by atoms with Gasteiger partial charge in [0.15, 0.2) is 0 Å². The van der Waals surface area contributed by atoms with Gasteiger partial charge in [-0.2, -0.15) is 0 Å². The van der Waals surface area contributed by atoms with Gasteiger partial charge in [0.2, 0.25) is 0 Å². The van der Waals surface area contributed by atoms with Gasteiger partial charge in [-0.1, -0.05) is 48.0 Å². The fourth-order valence-corrected chi connectivity index (χ4v) is 4.57. The van der Waals surface area contributed by atoms with Gasteiger partial charge in [-0.05, 0) is 68.7 Å². The smallest absolute Gasteiger partial charge is 0.407 e. The van der Waals surface area contributed by atoms with E-state index in [4.69, 9.17) is 21.1 Å². The number of hydrogen-bond donors (Lipinski definition) is 2. The average molecular weight is 488 g/mol. The van der Waals surface area contributed by atoms with E-state index in [2.05, 4.69) is 15.1 Å². The van der Waals surface area contributed by atoms with Gasteiger partial charge in [-0.15, -0.1) is 0 Å². The third kappa shape index (κ3) is 7.09. The Morgan fingerprint density at radius 1 is 1.03 bits per heavy atom. The molecule has 2 aliphatic heterocycles. The molecule has 184 valence electrons. The van der Waals surface area contributed by atoms with Crippen molar-refractivity contribution in [3.8, 4) is 5.75 Å². The largest absolute Gasteiger partial charge is 0.491 e. The maximum absolute atomic E-state index is 12.5. The summed E-state index contributed by atoms with van der Waals surface area (Å²) in [7, 11) is 0. The monoisotopic (exact) mass is 487 g/mol. The highest BCUT2D eigenvalue weighted by Gasteiger charge is 2.28. The van der Waals surface area contributed by atoms with Gasteiger partial charge in [0.25, 0.3) is 0 Å². The van der Waals surface area contributed by atoms with Gasteiger partial charge in [0.05, 0.1) is 11.1 Å². The topological polar surface area (TPSA) is 74.3 Å². The average Bonchev–Trinajstić information content (AvgIpc) is 3.33. The summed E-state index contributed by atoms with van der Waals surface area (Å²) >= 11 is 6.46. The molecule has 7 nitrogen and oxygen atoms in total. The number of hydrogen-bond acceptors (Lipinski definition) is 6. The van der Waals surface area contributed by atoms with Crippen molar-refractivity contribution >= 4 is 17.7 Å². The van der Waals surface area contributed by atoms with Crippen molar-refractivity contribution in [2.75, 3.05) is 45.9 Å². The Bertz CT molecular complexity index is 920. The maximum atomic E-state index is 12.5. The molecule has 34 heavy (non-hydrogen) atoms. The Labute approximate surface area is 206 Å². The number of rotatable bonds is 11. The second kappa shape index (κ2) is 12.4. The van der Waals surface area contributed by atoms with Crippen molar-refractivity contribution in [3.63, 3.8) is 0 Å². The molecule has 2 aliphatic rings. The minimum Gasteiger partial charge on any atom is -0.491 e. The third-order valence-corrected chi connectivity index (χ3v) is 6.76. The number of halogens is 1. The molecule has 0 aliphatic carbocycles. The number of aliphatic hydroxyl groups excluding tert-OH is 1. The number of alkyl carbamates (subject to hydrolysis) is 1. The molecule has 2 fully saturated rings. The quantitative estimate of drug-likeness (QED) is 0.501. The van der Waals surface area contributed by atoms with Crippen LogP contribution < -0.4 is 10.1 Å². The fraction of sp³-hybridized carbons (Fsp3) is 0.500. The normalized spacial score (nSPS) is 18.2. The highest BCUT2D eigenvalue weighted by molar-refractivity contribution is 6.32. The zero-order valence-corrected chi connectivity index (χ0v) is 20.3. The van der Waals surface area contributed by atoms with Gasteiger partial charge in [0, 0.05) is 13.1 Å². The standard InChI is InChI=1S/C26H34ClN3O4/c27-22-17-21(9-10-24(22)33-16-15-29-13-6-14-29)25(31)23(18-30-11-4-5-12-30)28-26(32)34-19-20-7-2-1-3-8-20/h1-3,7-10,17,23,25,31H,4-6,11-16,18-19H2,(H,28,32)/t23-,25?/m1/s1. The van der Waals surface area contributed by atoms with Gasteiger partial charge in [0.1, 0.15) is 25.1 Å². The summed E-state index contributed by atoms with van der Waals surface area (Å²) in [5.41, 5.74) is 1.54. The van der Waals surface area contributed by atoms with Crippen LogP contribution >= 0.6 is 11.6 Å². The number of benzene rings is 2. The lowest BCUT2D eigenvalue weighted by molar-refractivity contribution is 0.0882. The Hall–Kier alpha value is -2.32. The molecule has 2 N–H and O–H groups in total. The number of carbonyl (C=O) groups excluding carboxylic acids is 1. The molecular weight excluding hydrogens is 454 g/mol. The Balaban J connectivity index is 1.36. The minimum atomic E-state index is -0.933. The molecule has 8 heteroatoms. The molecule has 2 heterocycles. The van der Waals surface area contributed by atoms with Crippen LogP contribution in [0.3, 0.4) is 0 Å². The Morgan fingerprint density at radius 2 is 1.76 bits per heavy atom. The molecule has 0 radical (unpaired) electrons. The van der Waals surface area contributed by atoms with Crippen LogP contribution in [0.15, 0.2) is 48.5 Å². The van der Waals surface area contributed by atoms with E-state index < -0.39 is 18.2 Å². The molecule has 0 bridgehead atoms. The summed E-state index contributed by atoms with van der Waals surface area (Å²) in [6, 6.07) is 14.3. The number of ether oxygens (including phenoxy) is 2. The molecule has 2 aromatic carbocycles. The van der Waals surface area contributed by atoms with E-state index in [0.29, 0.717) is 29.5 Å². The predicted octanol–water partition coefficient (Wildman–Crippen LogP) is 3.85. The minimum absolute atomic E-state index is 0.175. The second-order valence-corrected chi connectivity index (χ2v) is 9.41. The summed E-state index contributed by atoms with van der Waals surface area (Å²) in [5, 5.41) is 14.5. The Kier molecular flexibility index (Phi) is 9.04. The molecule has 2 aromatic rings. The van der Waals surface area contributed by atoms with E-state index in [1.54, 1.807) is 12.1 Å². The molecule has 2 atom stereocenters. The van der Waals surface area contributed by atoms with Crippen molar-refractivity contribution in [1.29, 1.82) is 0 Å². The number of aliphatic hydroxyl groups is 1. The van der Waals surface area contributed by atoms with Crippen molar-refractivity contribution in [3.05, 3.63) is 64.7 Å². The van der Waals surface area contributed by atoms with Crippen LogP contribution in [0.4, 0.5) is 4.79 Å². The summed E-state index contributed by atoms with van der Waals surface area (Å²) in [4.78, 5) is 17.1. The molecule has 2 saturated heterocycles. The molecule has 1 amide bonds. The van der Waals surface area contributed by atoms with Crippen molar-refractivity contribution in [2.24, 2.45) is 0 Å². The lowest BCUT2D eigenvalue weighted by Crippen LogP contribution is -2.46. The molecule has 0 spiro atoms. The predicted molar refractivity (Wildman–Crippen MR) is 132 cm³/mol. The SMILES string of the molecule is O=C(N[C@H](CN1CCCC1)C(O)c1ccc(OCCN2CCC2)c(Cl)c1)OCc1ccccc1. The van der Waals surface area contributed by atoms with Crippen LogP contribution in [-0.2, 0) is 11.3 Å². The first-order chi connectivity index (χ1) is 16.6. The zero-order valence-electron chi connectivity index (χ0n) is 19.5. The third-order valence-electron chi connectivity index (χ3n) is 6.46. The molecule has 4 rings (SSSR count). The molecule has 0 aromatic heterocycles. The fourth-order valence-electron chi connectivity index (χ4n) is 4.32. The van der Waals surface area contributed by atoms with Crippen LogP contribution in [0, 0.1) is 0 Å². The maximum Gasteiger partial charge on any atom is 0.407 e. The van der Waals surface area contributed by atoms with E-state index in [0.717, 1.165) is 51.1 Å². The van der Waals surface area contributed by atoms with E-state index in [9.17, 15) is 9.90 Å². The molecule has 1 unspecified atom stereocenters. The van der Waals surface area contributed by atoms with Gasteiger partial charge >= 0.3 is 6.09 Å². The van der Waals surface area contributed by atoms with E-state index in [-0.39, 0.29) is 6.61 Å². The zero-order chi connectivity index (χ0) is 23.8. The summed E-state index contributed by atoms with van der Waals surface area (Å²) in [6.45, 7) is 6.33. The first kappa shape index (κ1) is 24.8. The number of nitrogens with zero attached hydrogens (tertiary/aromatic N) is 2. The number of likely N-dealkylation sites (tertiary alicyclic amines) is 2. The van der Waals surface area contributed by atoms with Crippen LogP contribution in [0.25, 0.3) is 0 Å². The summed E-state index contributed by atoms with van der Waals surface area (Å²) in [5.74, 6) is 0.601. The second-order valence-electron chi connectivity index (χ2n) is 9.00. The number of amides is 1. The lowest BCUT2D eigenvalue weighted by atomic mass is 10.0. The Morgan fingerprint density at radius 3 is 2.44 bits per heavy atom. The van der Waals surface area contributed by atoms with E-state index in [1.165, 1.54) is 6.42 Å². The van der Waals surface area contributed by atoms with E-state index >= 15 is 0 Å².